The molecule has 0 spiro atoms. The molecule has 0 unspecified atom stereocenters. The number of nitrogens with one attached hydrogen (secondary N) is 2. The lowest BCUT2D eigenvalue weighted by atomic mass is 9.79. The van der Waals surface area contributed by atoms with Crippen LogP contribution < -0.4 is 16.4 Å². The Labute approximate surface area is 128 Å². The number of rotatable bonds is 7. The van der Waals surface area contributed by atoms with Crippen molar-refractivity contribution in [2.24, 2.45) is 17.1 Å². The van der Waals surface area contributed by atoms with Crippen LogP contribution in [0.25, 0.3) is 0 Å². The highest BCUT2D eigenvalue weighted by Crippen LogP contribution is 2.34. The molecule has 0 aromatic rings. The first-order valence-corrected chi connectivity index (χ1v) is 8.25. The van der Waals surface area contributed by atoms with E-state index < -0.39 is 5.41 Å². The van der Waals surface area contributed by atoms with Crippen molar-refractivity contribution in [3.8, 4) is 0 Å². The first kappa shape index (κ1) is 18.0. The minimum atomic E-state index is -0.412. The van der Waals surface area contributed by atoms with Crippen molar-refractivity contribution < 1.29 is 9.59 Å². The largest absolute Gasteiger partial charge is 0.356 e. The van der Waals surface area contributed by atoms with Gasteiger partial charge in [-0.1, -0.05) is 39.5 Å². The normalized spacial score (nSPS) is 18.1. The Balaban J connectivity index is 2.35. The Hall–Kier alpha value is -1.10. The first-order valence-electron chi connectivity index (χ1n) is 8.25. The molecule has 0 bridgehead atoms. The van der Waals surface area contributed by atoms with E-state index in [9.17, 15) is 9.59 Å². The van der Waals surface area contributed by atoms with Crippen molar-refractivity contribution in [2.75, 3.05) is 19.6 Å². The molecule has 1 aliphatic carbocycles. The van der Waals surface area contributed by atoms with Crippen molar-refractivity contribution in [3.05, 3.63) is 0 Å². The number of hydrogen-bond acceptors (Lipinski definition) is 3. The predicted molar refractivity (Wildman–Crippen MR) is 84.7 cm³/mol. The van der Waals surface area contributed by atoms with E-state index >= 15 is 0 Å². The van der Waals surface area contributed by atoms with E-state index in [2.05, 4.69) is 24.5 Å². The summed E-state index contributed by atoms with van der Waals surface area (Å²) in [6.45, 7) is 5.58. The van der Waals surface area contributed by atoms with Crippen LogP contribution in [0.5, 0.6) is 0 Å². The highest BCUT2D eigenvalue weighted by atomic mass is 16.2. The van der Waals surface area contributed by atoms with Crippen molar-refractivity contribution in [2.45, 2.75) is 58.8 Å². The SMILES string of the molecule is CC(C)CNC(=O)CCNC(=O)C1(CN)CCCCCC1. The average molecular weight is 297 g/mol. The van der Waals surface area contributed by atoms with Crippen LogP contribution in [-0.4, -0.2) is 31.4 Å². The molecule has 21 heavy (non-hydrogen) atoms. The van der Waals surface area contributed by atoms with Crippen LogP contribution in [0, 0.1) is 11.3 Å². The van der Waals surface area contributed by atoms with Gasteiger partial charge >= 0.3 is 0 Å². The molecule has 2 amide bonds. The fraction of sp³-hybridized carbons (Fsp3) is 0.875. The summed E-state index contributed by atoms with van der Waals surface area (Å²) in [7, 11) is 0. The van der Waals surface area contributed by atoms with E-state index in [0.717, 1.165) is 25.7 Å². The van der Waals surface area contributed by atoms with E-state index in [-0.39, 0.29) is 11.8 Å². The van der Waals surface area contributed by atoms with Gasteiger partial charge in [-0.25, -0.2) is 0 Å². The van der Waals surface area contributed by atoms with Crippen molar-refractivity contribution in [1.82, 2.24) is 10.6 Å². The zero-order valence-corrected chi connectivity index (χ0v) is 13.5. The van der Waals surface area contributed by atoms with Gasteiger partial charge in [0, 0.05) is 26.1 Å². The quantitative estimate of drug-likeness (QED) is 0.624. The zero-order valence-electron chi connectivity index (χ0n) is 13.5. The molecule has 5 nitrogen and oxygen atoms in total. The lowest BCUT2D eigenvalue weighted by Gasteiger charge is -2.29. The summed E-state index contributed by atoms with van der Waals surface area (Å²) in [4.78, 5) is 24.1. The second kappa shape index (κ2) is 9.03. The lowest BCUT2D eigenvalue weighted by molar-refractivity contribution is -0.131. The number of carbonyl (C=O) groups excluding carboxylic acids is 2. The predicted octanol–water partition coefficient (Wildman–Crippen LogP) is 1.56. The molecule has 5 heteroatoms. The van der Waals surface area contributed by atoms with Gasteiger partial charge in [0.15, 0.2) is 0 Å². The van der Waals surface area contributed by atoms with Crippen LogP contribution in [0.1, 0.15) is 58.8 Å². The third kappa shape index (κ3) is 6.04. The molecule has 0 aromatic carbocycles. The maximum Gasteiger partial charge on any atom is 0.227 e. The number of carbonyl (C=O) groups is 2. The van der Waals surface area contributed by atoms with Crippen LogP contribution >= 0.6 is 0 Å². The lowest BCUT2D eigenvalue weighted by Crippen LogP contribution is -2.46. The van der Waals surface area contributed by atoms with E-state index in [1.807, 2.05) is 0 Å². The van der Waals surface area contributed by atoms with Gasteiger partial charge in [0.25, 0.3) is 0 Å². The number of amides is 2. The molecule has 0 radical (unpaired) electrons. The summed E-state index contributed by atoms with van der Waals surface area (Å²) >= 11 is 0. The fourth-order valence-electron chi connectivity index (χ4n) is 2.81. The third-order valence-electron chi connectivity index (χ3n) is 4.28. The fourth-order valence-corrected chi connectivity index (χ4v) is 2.81. The first-order chi connectivity index (χ1) is 10.00. The molecular weight excluding hydrogens is 266 g/mol. The molecule has 0 atom stereocenters. The van der Waals surface area contributed by atoms with Crippen LogP contribution in [-0.2, 0) is 9.59 Å². The molecule has 0 aliphatic heterocycles. The van der Waals surface area contributed by atoms with Crippen molar-refractivity contribution in [3.63, 3.8) is 0 Å². The maximum absolute atomic E-state index is 12.4. The van der Waals surface area contributed by atoms with Crippen LogP contribution in [0.3, 0.4) is 0 Å². The van der Waals surface area contributed by atoms with Gasteiger partial charge in [-0.2, -0.15) is 0 Å². The molecule has 0 aromatic heterocycles. The highest BCUT2D eigenvalue weighted by molar-refractivity contribution is 5.83. The van der Waals surface area contributed by atoms with E-state index in [1.165, 1.54) is 12.8 Å². The summed E-state index contributed by atoms with van der Waals surface area (Å²) in [5.74, 6) is 0.463. The molecule has 4 N–H and O–H groups in total. The Kier molecular flexibility index (Phi) is 7.72. The summed E-state index contributed by atoms with van der Waals surface area (Å²) < 4.78 is 0. The third-order valence-corrected chi connectivity index (χ3v) is 4.28. The number of hydrogen-bond donors (Lipinski definition) is 3. The Morgan fingerprint density at radius 3 is 2.24 bits per heavy atom. The minimum Gasteiger partial charge on any atom is -0.356 e. The van der Waals surface area contributed by atoms with Crippen LogP contribution in [0.15, 0.2) is 0 Å². The van der Waals surface area contributed by atoms with Gasteiger partial charge in [-0.15, -0.1) is 0 Å². The second-order valence-corrected chi connectivity index (χ2v) is 6.60. The summed E-state index contributed by atoms with van der Waals surface area (Å²) in [6.07, 6.45) is 6.58. The van der Waals surface area contributed by atoms with E-state index in [1.54, 1.807) is 0 Å². The Bertz CT molecular complexity index is 334. The average Bonchev–Trinajstić information content (AvgIpc) is 2.71. The van der Waals surface area contributed by atoms with Gasteiger partial charge in [0.1, 0.15) is 0 Å². The Morgan fingerprint density at radius 2 is 1.71 bits per heavy atom. The molecule has 1 rings (SSSR count). The molecule has 1 fully saturated rings. The van der Waals surface area contributed by atoms with Gasteiger partial charge in [0.2, 0.25) is 11.8 Å². The van der Waals surface area contributed by atoms with Crippen molar-refractivity contribution in [1.29, 1.82) is 0 Å². The summed E-state index contributed by atoms with van der Waals surface area (Å²) in [5, 5.41) is 5.76. The smallest absolute Gasteiger partial charge is 0.227 e. The topological polar surface area (TPSA) is 84.2 Å². The van der Waals surface area contributed by atoms with Crippen LogP contribution in [0.2, 0.25) is 0 Å². The summed E-state index contributed by atoms with van der Waals surface area (Å²) in [5.41, 5.74) is 5.47. The maximum atomic E-state index is 12.4. The van der Waals surface area contributed by atoms with Gasteiger partial charge in [-0.3, -0.25) is 9.59 Å². The van der Waals surface area contributed by atoms with Gasteiger partial charge in [0.05, 0.1) is 5.41 Å². The molecule has 0 saturated heterocycles. The molecule has 0 heterocycles. The highest BCUT2D eigenvalue weighted by Gasteiger charge is 2.36. The Morgan fingerprint density at radius 1 is 1.10 bits per heavy atom. The number of nitrogens with two attached hydrogens (primary N) is 1. The van der Waals surface area contributed by atoms with Gasteiger partial charge < -0.3 is 16.4 Å². The standard InChI is InChI=1S/C16H31N3O2/c1-13(2)11-19-14(20)7-10-18-15(21)16(12-17)8-5-3-4-6-9-16/h13H,3-12,17H2,1-2H3,(H,18,21)(H,19,20). The molecular formula is C16H31N3O2. The molecule has 122 valence electrons. The monoisotopic (exact) mass is 297 g/mol. The second-order valence-electron chi connectivity index (χ2n) is 6.60. The minimum absolute atomic E-state index is 0.00772. The van der Waals surface area contributed by atoms with E-state index in [0.29, 0.717) is 32.0 Å². The van der Waals surface area contributed by atoms with E-state index in [4.69, 9.17) is 5.73 Å². The molecule has 1 aliphatic rings. The van der Waals surface area contributed by atoms with Crippen molar-refractivity contribution >= 4 is 11.8 Å². The summed E-state index contributed by atoms with van der Waals surface area (Å²) in [6, 6.07) is 0. The van der Waals surface area contributed by atoms with Crippen LogP contribution in [0.4, 0.5) is 0 Å². The van der Waals surface area contributed by atoms with Gasteiger partial charge in [-0.05, 0) is 18.8 Å². The zero-order chi connectivity index (χ0) is 15.7. The molecule has 1 saturated carbocycles.